The summed E-state index contributed by atoms with van der Waals surface area (Å²) < 4.78 is 27.6. The molecule has 1 saturated heterocycles. The molecule has 2 rings (SSSR count). The average molecular weight is 230 g/mol. The number of hydrogen-bond donors (Lipinski definition) is 0. The van der Waals surface area contributed by atoms with Crippen LogP contribution in [0.3, 0.4) is 0 Å². The Bertz CT molecular complexity index is 249. The third-order valence-electron chi connectivity index (χ3n) is 2.44. The molecule has 5 nitrogen and oxygen atoms in total. The topological polar surface area (TPSA) is 46.2 Å². The van der Waals surface area contributed by atoms with Gasteiger partial charge in [-0.1, -0.05) is 0 Å². The minimum atomic E-state index is -0.953. The molecule has 0 aromatic carbocycles. The van der Waals surface area contributed by atoms with Gasteiger partial charge in [0.25, 0.3) is 0 Å². The summed E-state index contributed by atoms with van der Waals surface area (Å²) in [6, 6.07) is 0. The van der Waals surface area contributed by atoms with E-state index in [0.29, 0.717) is 26.4 Å². The average Bonchev–Trinajstić information content (AvgIpc) is 2.88. The third kappa shape index (κ3) is 2.28. The van der Waals surface area contributed by atoms with Crippen LogP contribution in [-0.2, 0) is 23.7 Å². The lowest BCUT2D eigenvalue weighted by Gasteiger charge is -2.32. The molecule has 0 aliphatic carbocycles. The van der Waals surface area contributed by atoms with Crippen molar-refractivity contribution in [3.05, 3.63) is 12.2 Å². The molecule has 2 aliphatic heterocycles. The molecule has 92 valence electrons. The van der Waals surface area contributed by atoms with Gasteiger partial charge >= 0.3 is 0 Å². The van der Waals surface area contributed by atoms with Gasteiger partial charge in [-0.05, 0) is 26.0 Å². The van der Waals surface area contributed by atoms with Crippen LogP contribution in [0.1, 0.15) is 13.8 Å². The molecule has 0 N–H and O–H groups in total. The first-order chi connectivity index (χ1) is 7.80. The van der Waals surface area contributed by atoms with Crippen LogP contribution in [0.15, 0.2) is 12.2 Å². The van der Waals surface area contributed by atoms with Gasteiger partial charge < -0.3 is 23.7 Å². The molecule has 2 atom stereocenters. The molecule has 0 spiro atoms. The summed E-state index contributed by atoms with van der Waals surface area (Å²) in [6.07, 6.45) is 2.75. The molecule has 1 fully saturated rings. The normalized spacial score (nSPS) is 35.0. The van der Waals surface area contributed by atoms with Crippen LogP contribution in [-0.4, -0.2) is 44.8 Å². The molecule has 0 unspecified atom stereocenters. The fourth-order valence-electron chi connectivity index (χ4n) is 1.83. The summed E-state index contributed by atoms with van der Waals surface area (Å²) in [5, 5.41) is 0. The van der Waals surface area contributed by atoms with E-state index in [2.05, 4.69) is 0 Å². The Morgan fingerprint density at radius 2 is 2.00 bits per heavy atom. The predicted molar refractivity (Wildman–Crippen MR) is 55.7 cm³/mol. The maximum Gasteiger partial charge on any atom is 0.243 e. The Kier molecular flexibility index (Phi) is 3.94. The lowest BCUT2D eigenvalue weighted by molar-refractivity contribution is -0.327. The van der Waals surface area contributed by atoms with Crippen molar-refractivity contribution < 1.29 is 23.7 Å². The summed E-state index contributed by atoms with van der Waals surface area (Å²) >= 11 is 0. The van der Waals surface area contributed by atoms with Crippen LogP contribution in [0.4, 0.5) is 0 Å². The molecule has 0 amide bonds. The lowest BCUT2D eigenvalue weighted by atomic mass is 10.2. The molecular weight excluding hydrogens is 212 g/mol. The van der Waals surface area contributed by atoms with Crippen molar-refractivity contribution in [1.29, 1.82) is 0 Å². The van der Waals surface area contributed by atoms with Gasteiger partial charge in [-0.15, -0.1) is 0 Å². The van der Waals surface area contributed by atoms with Crippen LogP contribution in [0, 0.1) is 0 Å². The van der Waals surface area contributed by atoms with E-state index in [4.69, 9.17) is 23.7 Å². The fraction of sp³-hybridized carbons (Fsp3) is 0.818. The van der Waals surface area contributed by atoms with Gasteiger partial charge in [0.1, 0.15) is 0 Å². The van der Waals surface area contributed by atoms with Crippen molar-refractivity contribution in [2.24, 2.45) is 0 Å². The van der Waals surface area contributed by atoms with E-state index in [0.717, 1.165) is 0 Å². The quantitative estimate of drug-likeness (QED) is 0.660. The minimum Gasteiger partial charge on any atom is -0.349 e. The Morgan fingerprint density at radius 3 is 2.62 bits per heavy atom. The molecule has 0 bridgehead atoms. The van der Waals surface area contributed by atoms with Gasteiger partial charge in [-0.3, -0.25) is 0 Å². The summed E-state index contributed by atoms with van der Waals surface area (Å²) in [7, 11) is 0. The van der Waals surface area contributed by atoms with Crippen molar-refractivity contribution in [3.8, 4) is 0 Å². The molecule has 16 heavy (non-hydrogen) atoms. The van der Waals surface area contributed by atoms with E-state index in [-0.39, 0.29) is 6.29 Å². The second-order valence-electron chi connectivity index (χ2n) is 3.53. The van der Waals surface area contributed by atoms with E-state index < -0.39 is 12.1 Å². The molecular formula is C11H18O5. The molecule has 2 aliphatic rings. The summed E-state index contributed by atoms with van der Waals surface area (Å²) in [5.41, 5.74) is 0. The van der Waals surface area contributed by atoms with E-state index >= 15 is 0 Å². The maximum absolute atomic E-state index is 5.71. The van der Waals surface area contributed by atoms with Crippen LogP contribution >= 0.6 is 0 Å². The van der Waals surface area contributed by atoms with Crippen molar-refractivity contribution in [3.63, 3.8) is 0 Å². The zero-order valence-electron chi connectivity index (χ0n) is 9.68. The van der Waals surface area contributed by atoms with Crippen LogP contribution in [0.5, 0.6) is 0 Å². The Morgan fingerprint density at radius 1 is 1.25 bits per heavy atom. The molecule has 5 heteroatoms. The first-order valence-electron chi connectivity index (χ1n) is 5.66. The van der Waals surface area contributed by atoms with Crippen LogP contribution in [0.25, 0.3) is 0 Å². The molecule has 0 aromatic heterocycles. The zero-order valence-corrected chi connectivity index (χ0v) is 9.68. The summed E-state index contributed by atoms with van der Waals surface area (Å²) in [4.78, 5) is 0. The Labute approximate surface area is 95.3 Å². The number of ether oxygens (including phenoxy) is 5. The number of hydrogen-bond acceptors (Lipinski definition) is 5. The van der Waals surface area contributed by atoms with E-state index in [1.165, 1.54) is 0 Å². The minimum absolute atomic E-state index is 0.385. The lowest BCUT2D eigenvalue weighted by Crippen LogP contribution is -2.46. The molecule has 0 saturated carbocycles. The first kappa shape index (κ1) is 12.0. The van der Waals surface area contributed by atoms with Crippen molar-refractivity contribution in [2.45, 2.75) is 32.2 Å². The molecule has 2 heterocycles. The summed E-state index contributed by atoms with van der Waals surface area (Å²) in [5.74, 6) is -0.953. The largest absolute Gasteiger partial charge is 0.349 e. The van der Waals surface area contributed by atoms with Crippen molar-refractivity contribution >= 4 is 0 Å². The highest BCUT2D eigenvalue weighted by atomic mass is 16.8. The van der Waals surface area contributed by atoms with Gasteiger partial charge in [0.2, 0.25) is 12.1 Å². The second kappa shape index (κ2) is 5.25. The van der Waals surface area contributed by atoms with Gasteiger partial charge in [-0.25, -0.2) is 0 Å². The monoisotopic (exact) mass is 230 g/mol. The Balaban J connectivity index is 2.03. The highest BCUT2D eigenvalue weighted by molar-refractivity contribution is 5.07. The second-order valence-corrected chi connectivity index (χ2v) is 3.53. The zero-order chi connectivity index (χ0) is 11.4. The predicted octanol–water partition coefficient (Wildman–Crippen LogP) is 1.04. The van der Waals surface area contributed by atoms with Crippen molar-refractivity contribution in [2.75, 3.05) is 26.4 Å². The van der Waals surface area contributed by atoms with Gasteiger partial charge in [0, 0.05) is 13.2 Å². The Hall–Kier alpha value is -0.460. The van der Waals surface area contributed by atoms with E-state index in [1.807, 2.05) is 26.0 Å². The fourth-order valence-corrected chi connectivity index (χ4v) is 1.83. The highest BCUT2D eigenvalue weighted by Gasteiger charge is 2.47. The standard InChI is InChI=1S/C11H18O5/c1-3-12-9-5-6-11(16-9,15-4-2)10-13-7-8-14-10/h5-6,9-10H,3-4,7-8H2,1-2H3/t9-,11+/m1/s1. The SMILES string of the molecule is CCO[C@H]1C=C[C@@](OCC)(C2OCCO2)O1. The summed E-state index contributed by atoms with van der Waals surface area (Å²) in [6.45, 7) is 6.06. The van der Waals surface area contributed by atoms with Gasteiger partial charge in [0.05, 0.1) is 13.2 Å². The highest BCUT2D eigenvalue weighted by Crippen LogP contribution is 2.33. The van der Waals surface area contributed by atoms with Crippen LogP contribution in [0.2, 0.25) is 0 Å². The third-order valence-corrected chi connectivity index (χ3v) is 2.44. The maximum atomic E-state index is 5.71. The molecule has 0 radical (unpaired) electrons. The molecule has 0 aromatic rings. The van der Waals surface area contributed by atoms with Gasteiger partial charge in [0.15, 0.2) is 6.29 Å². The van der Waals surface area contributed by atoms with E-state index in [1.54, 1.807) is 0 Å². The number of rotatable bonds is 5. The van der Waals surface area contributed by atoms with Gasteiger partial charge in [-0.2, -0.15) is 0 Å². The van der Waals surface area contributed by atoms with E-state index in [9.17, 15) is 0 Å². The first-order valence-corrected chi connectivity index (χ1v) is 5.66. The smallest absolute Gasteiger partial charge is 0.243 e. The van der Waals surface area contributed by atoms with Crippen molar-refractivity contribution in [1.82, 2.24) is 0 Å². The van der Waals surface area contributed by atoms with Crippen LogP contribution < -0.4 is 0 Å².